The molecule has 0 spiro atoms. The van der Waals surface area contributed by atoms with Crippen LogP contribution < -0.4 is 5.14 Å². The zero-order valence-corrected chi connectivity index (χ0v) is 10.3. The number of carbonyl (C=O) groups is 1. The molecule has 0 fully saturated rings. The second-order valence-corrected chi connectivity index (χ2v) is 4.88. The summed E-state index contributed by atoms with van der Waals surface area (Å²) in [6.07, 6.45) is 2.94. The minimum Gasteiger partial charge on any atom is -0.458 e. The first-order valence-corrected chi connectivity index (χ1v) is 6.55. The number of hydrogen-bond donors (Lipinski definition) is 2. The van der Waals surface area contributed by atoms with Crippen LogP contribution in [0.25, 0.3) is 0 Å². The van der Waals surface area contributed by atoms with E-state index in [2.05, 4.69) is 0 Å². The second kappa shape index (κ2) is 6.29. The van der Waals surface area contributed by atoms with E-state index in [9.17, 15) is 13.2 Å². The number of benzene rings is 1. The van der Waals surface area contributed by atoms with Crippen molar-refractivity contribution in [3.8, 4) is 0 Å². The second-order valence-electron chi connectivity index (χ2n) is 3.32. The molecule has 0 amide bonds. The molecule has 0 unspecified atom stereocenters. The van der Waals surface area contributed by atoms with Crippen molar-refractivity contribution in [3.05, 3.63) is 42.0 Å². The predicted octanol–water partition coefficient (Wildman–Crippen LogP) is 0.0393. The van der Waals surface area contributed by atoms with Crippen molar-refractivity contribution in [2.24, 2.45) is 5.14 Å². The van der Waals surface area contributed by atoms with Gasteiger partial charge in [-0.05, 0) is 30.3 Å². The van der Waals surface area contributed by atoms with E-state index in [4.69, 9.17) is 15.0 Å². The van der Waals surface area contributed by atoms with Gasteiger partial charge in [0.25, 0.3) is 0 Å². The van der Waals surface area contributed by atoms with Gasteiger partial charge in [0.05, 0.1) is 17.1 Å². The number of ether oxygens (including phenoxy) is 1. The molecule has 0 aliphatic heterocycles. The Balaban J connectivity index is 2.68. The largest absolute Gasteiger partial charge is 0.458 e. The van der Waals surface area contributed by atoms with Gasteiger partial charge in [-0.3, -0.25) is 0 Å². The molecule has 0 aliphatic carbocycles. The van der Waals surface area contributed by atoms with E-state index in [0.29, 0.717) is 0 Å². The van der Waals surface area contributed by atoms with E-state index in [1.54, 1.807) is 0 Å². The van der Waals surface area contributed by atoms with Crippen LogP contribution in [-0.2, 0) is 14.8 Å². The van der Waals surface area contributed by atoms with Crippen LogP contribution in [0.2, 0.25) is 0 Å². The standard InChI is InChI=1S/C11H13NO5S/c12-18(15,16)10-5-3-9(4-6-10)11(14)17-8-2-1-7-13/h1-6,13H,7-8H2,(H2,12,15,16)/b2-1+. The molecule has 0 atom stereocenters. The SMILES string of the molecule is NS(=O)(=O)c1ccc(C(=O)OC/C=C/CO)cc1. The average Bonchev–Trinajstić information content (AvgIpc) is 2.33. The number of sulfonamides is 1. The lowest BCUT2D eigenvalue weighted by Gasteiger charge is -2.03. The zero-order chi connectivity index (χ0) is 13.6. The fraction of sp³-hybridized carbons (Fsp3) is 0.182. The molecule has 3 N–H and O–H groups in total. The molecule has 7 heteroatoms. The number of rotatable bonds is 5. The highest BCUT2D eigenvalue weighted by molar-refractivity contribution is 7.89. The first kappa shape index (κ1) is 14.4. The molecule has 18 heavy (non-hydrogen) atoms. The summed E-state index contributed by atoms with van der Waals surface area (Å²) in [5, 5.41) is 13.4. The lowest BCUT2D eigenvalue weighted by Crippen LogP contribution is -2.12. The monoisotopic (exact) mass is 271 g/mol. The van der Waals surface area contributed by atoms with E-state index in [1.807, 2.05) is 0 Å². The third kappa shape index (κ3) is 4.28. The summed E-state index contributed by atoms with van der Waals surface area (Å²) < 4.78 is 26.8. The summed E-state index contributed by atoms with van der Waals surface area (Å²) in [7, 11) is -3.76. The Kier molecular flexibility index (Phi) is 5.02. The van der Waals surface area contributed by atoms with Crippen LogP contribution in [0.15, 0.2) is 41.3 Å². The molecule has 0 heterocycles. The topological polar surface area (TPSA) is 107 Å². The molecule has 0 bridgehead atoms. The van der Waals surface area contributed by atoms with Gasteiger partial charge in [-0.25, -0.2) is 18.4 Å². The van der Waals surface area contributed by atoms with Gasteiger partial charge in [0.1, 0.15) is 6.61 Å². The van der Waals surface area contributed by atoms with Crippen molar-refractivity contribution >= 4 is 16.0 Å². The van der Waals surface area contributed by atoms with Gasteiger partial charge in [-0.15, -0.1) is 0 Å². The number of carbonyl (C=O) groups excluding carboxylic acids is 1. The van der Waals surface area contributed by atoms with Crippen molar-refractivity contribution in [2.45, 2.75) is 4.90 Å². The van der Waals surface area contributed by atoms with Crippen molar-refractivity contribution in [3.63, 3.8) is 0 Å². The number of primary sulfonamides is 1. The quantitative estimate of drug-likeness (QED) is 0.581. The molecule has 0 aromatic heterocycles. The molecule has 1 aromatic rings. The highest BCUT2D eigenvalue weighted by atomic mass is 32.2. The number of aliphatic hydroxyl groups is 1. The molecule has 98 valence electrons. The molecule has 0 saturated carbocycles. The average molecular weight is 271 g/mol. The lowest BCUT2D eigenvalue weighted by atomic mass is 10.2. The summed E-state index contributed by atoms with van der Waals surface area (Å²) in [6, 6.07) is 5.10. The predicted molar refractivity (Wildman–Crippen MR) is 64.3 cm³/mol. The Morgan fingerprint density at radius 1 is 1.28 bits per heavy atom. The maximum Gasteiger partial charge on any atom is 0.338 e. The fourth-order valence-electron chi connectivity index (χ4n) is 1.13. The Morgan fingerprint density at radius 3 is 2.39 bits per heavy atom. The summed E-state index contributed by atoms with van der Waals surface area (Å²) in [5.74, 6) is -0.585. The van der Waals surface area contributed by atoms with Crippen LogP contribution in [0.3, 0.4) is 0 Å². The number of esters is 1. The van der Waals surface area contributed by atoms with E-state index >= 15 is 0 Å². The first-order valence-electron chi connectivity index (χ1n) is 5.01. The van der Waals surface area contributed by atoms with Gasteiger partial charge in [-0.1, -0.05) is 6.08 Å². The normalized spacial score (nSPS) is 11.7. The van der Waals surface area contributed by atoms with Crippen LogP contribution in [0.1, 0.15) is 10.4 Å². The van der Waals surface area contributed by atoms with Crippen molar-refractivity contribution in [2.75, 3.05) is 13.2 Å². The molecular formula is C11H13NO5S. The van der Waals surface area contributed by atoms with Crippen molar-refractivity contribution < 1.29 is 23.1 Å². The van der Waals surface area contributed by atoms with Gasteiger partial charge < -0.3 is 9.84 Å². The summed E-state index contributed by atoms with van der Waals surface area (Å²) in [6.45, 7) is -0.0864. The molecule has 0 radical (unpaired) electrons. The third-order valence-corrected chi connectivity index (χ3v) is 2.93. The van der Waals surface area contributed by atoms with E-state index < -0.39 is 16.0 Å². The summed E-state index contributed by atoms with van der Waals surface area (Å²) in [5.41, 5.74) is 0.222. The van der Waals surface area contributed by atoms with Crippen LogP contribution in [0.5, 0.6) is 0 Å². The highest BCUT2D eigenvalue weighted by Crippen LogP contribution is 2.09. The molecule has 1 aromatic carbocycles. The summed E-state index contributed by atoms with van der Waals surface area (Å²) >= 11 is 0. The van der Waals surface area contributed by atoms with Gasteiger partial charge in [-0.2, -0.15) is 0 Å². The number of hydrogen-bond acceptors (Lipinski definition) is 5. The van der Waals surface area contributed by atoms with Crippen LogP contribution in [0, 0.1) is 0 Å². The van der Waals surface area contributed by atoms with E-state index in [1.165, 1.54) is 36.4 Å². The van der Waals surface area contributed by atoms with Gasteiger partial charge in [0.2, 0.25) is 10.0 Å². The summed E-state index contributed by atoms with van der Waals surface area (Å²) in [4.78, 5) is 11.4. The third-order valence-electron chi connectivity index (χ3n) is 2.00. The van der Waals surface area contributed by atoms with Crippen LogP contribution in [0.4, 0.5) is 0 Å². The molecule has 1 rings (SSSR count). The maximum absolute atomic E-state index is 11.5. The molecule has 0 aliphatic rings. The Hall–Kier alpha value is -1.70. The molecule has 0 saturated heterocycles. The lowest BCUT2D eigenvalue weighted by molar-refractivity contribution is 0.0549. The Labute approximate surface area is 105 Å². The van der Waals surface area contributed by atoms with E-state index in [0.717, 1.165) is 0 Å². The van der Waals surface area contributed by atoms with E-state index in [-0.39, 0.29) is 23.7 Å². The minimum absolute atomic E-state index is 0.0380. The fourth-order valence-corrected chi connectivity index (χ4v) is 1.65. The Morgan fingerprint density at radius 2 is 1.89 bits per heavy atom. The first-order chi connectivity index (χ1) is 8.45. The molecular weight excluding hydrogens is 258 g/mol. The number of nitrogens with two attached hydrogens (primary N) is 1. The molecule has 6 nitrogen and oxygen atoms in total. The van der Waals surface area contributed by atoms with Gasteiger partial charge in [0, 0.05) is 0 Å². The Bertz CT molecular complexity index is 533. The van der Waals surface area contributed by atoms with Crippen molar-refractivity contribution in [1.82, 2.24) is 0 Å². The van der Waals surface area contributed by atoms with Crippen LogP contribution in [-0.4, -0.2) is 32.7 Å². The smallest absolute Gasteiger partial charge is 0.338 e. The maximum atomic E-state index is 11.5. The highest BCUT2D eigenvalue weighted by Gasteiger charge is 2.10. The minimum atomic E-state index is -3.76. The number of aliphatic hydroxyl groups excluding tert-OH is 1. The zero-order valence-electron chi connectivity index (χ0n) is 9.44. The van der Waals surface area contributed by atoms with Crippen LogP contribution >= 0.6 is 0 Å². The van der Waals surface area contributed by atoms with Crippen molar-refractivity contribution in [1.29, 1.82) is 0 Å². The van der Waals surface area contributed by atoms with Gasteiger partial charge in [0.15, 0.2) is 0 Å². The van der Waals surface area contributed by atoms with Gasteiger partial charge >= 0.3 is 5.97 Å².